The van der Waals surface area contributed by atoms with Gasteiger partial charge in [0, 0.05) is 11.6 Å². The van der Waals surface area contributed by atoms with Gasteiger partial charge in [0.15, 0.2) is 0 Å². The van der Waals surface area contributed by atoms with Crippen molar-refractivity contribution in [3.63, 3.8) is 0 Å². The fraction of sp³-hybridized carbons (Fsp3) is 0.455. The average molecular weight is 192 g/mol. The number of para-hydroxylation sites is 1. The largest absolute Gasteiger partial charge is 0.493 e. The topological polar surface area (TPSA) is 47.3 Å². The van der Waals surface area contributed by atoms with E-state index in [1.54, 1.807) is 0 Å². The molecule has 0 aliphatic carbocycles. The van der Waals surface area contributed by atoms with Gasteiger partial charge in [0.2, 0.25) is 0 Å². The van der Waals surface area contributed by atoms with Gasteiger partial charge in [-0.15, -0.1) is 0 Å². The molecule has 14 heavy (non-hydrogen) atoms. The first kappa shape index (κ1) is 9.49. The van der Waals surface area contributed by atoms with Crippen molar-refractivity contribution in [1.82, 2.24) is 5.43 Å². The van der Waals surface area contributed by atoms with E-state index in [2.05, 4.69) is 24.5 Å². The highest BCUT2D eigenvalue weighted by Gasteiger charge is 2.19. The second kappa shape index (κ2) is 3.98. The number of nitrogens with one attached hydrogen (secondary N) is 1. The Bertz CT molecular complexity index is 325. The summed E-state index contributed by atoms with van der Waals surface area (Å²) in [7, 11) is 0. The summed E-state index contributed by atoms with van der Waals surface area (Å²) in [6.07, 6.45) is 2.08. The fourth-order valence-corrected chi connectivity index (χ4v) is 1.94. The molecule has 76 valence electrons. The molecule has 0 spiro atoms. The van der Waals surface area contributed by atoms with Crippen molar-refractivity contribution in [1.29, 1.82) is 0 Å². The van der Waals surface area contributed by atoms with Crippen LogP contribution in [0, 0.1) is 6.92 Å². The van der Waals surface area contributed by atoms with Crippen LogP contribution in [0.1, 0.15) is 30.0 Å². The molecular formula is C11H16N2O. The van der Waals surface area contributed by atoms with Crippen LogP contribution < -0.4 is 16.0 Å². The van der Waals surface area contributed by atoms with Crippen molar-refractivity contribution in [3.8, 4) is 5.75 Å². The number of hydrogen-bond donors (Lipinski definition) is 2. The van der Waals surface area contributed by atoms with Gasteiger partial charge >= 0.3 is 0 Å². The van der Waals surface area contributed by atoms with Crippen molar-refractivity contribution < 1.29 is 4.74 Å². The zero-order valence-electron chi connectivity index (χ0n) is 8.42. The third kappa shape index (κ3) is 1.61. The Balaban J connectivity index is 2.44. The Morgan fingerprint density at radius 3 is 3.14 bits per heavy atom. The second-order valence-corrected chi connectivity index (χ2v) is 3.70. The van der Waals surface area contributed by atoms with E-state index < -0.39 is 0 Å². The summed E-state index contributed by atoms with van der Waals surface area (Å²) in [4.78, 5) is 0. The normalized spacial score (nSPS) is 20.9. The standard InChI is InChI=1S/C11H16N2O/c1-8-4-2-5-9-10(13-12)6-3-7-14-11(8)9/h2,4-5,10,13H,3,6-7,12H2,1H3. The summed E-state index contributed by atoms with van der Waals surface area (Å²) in [5.41, 5.74) is 5.22. The molecule has 0 radical (unpaired) electrons. The highest BCUT2D eigenvalue weighted by Crippen LogP contribution is 2.33. The van der Waals surface area contributed by atoms with Crippen molar-refractivity contribution in [3.05, 3.63) is 29.3 Å². The van der Waals surface area contributed by atoms with Crippen LogP contribution in [0.3, 0.4) is 0 Å². The van der Waals surface area contributed by atoms with Crippen molar-refractivity contribution in [2.24, 2.45) is 5.84 Å². The summed E-state index contributed by atoms with van der Waals surface area (Å²) in [6.45, 7) is 2.85. The van der Waals surface area contributed by atoms with Gasteiger partial charge in [-0.1, -0.05) is 18.2 Å². The molecule has 1 heterocycles. The summed E-state index contributed by atoms with van der Waals surface area (Å²) < 4.78 is 5.72. The molecule has 1 unspecified atom stereocenters. The number of rotatable bonds is 1. The van der Waals surface area contributed by atoms with Crippen LogP contribution in [0.15, 0.2) is 18.2 Å². The van der Waals surface area contributed by atoms with E-state index in [1.807, 2.05) is 6.07 Å². The van der Waals surface area contributed by atoms with E-state index in [0.717, 1.165) is 25.2 Å². The molecule has 0 saturated carbocycles. The molecule has 3 nitrogen and oxygen atoms in total. The Hall–Kier alpha value is -1.06. The van der Waals surface area contributed by atoms with Gasteiger partial charge in [-0.25, -0.2) is 0 Å². The van der Waals surface area contributed by atoms with Crippen LogP contribution in [-0.2, 0) is 0 Å². The number of fused-ring (bicyclic) bond motifs is 1. The Labute approximate surface area is 84.2 Å². The minimum atomic E-state index is 0.229. The Morgan fingerprint density at radius 2 is 2.36 bits per heavy atom. The van der Waals surface area contributed by atoms with E-state index in [-0.39, 0.29) is 6.04 Å². The maximum absolute atomic E-state index is 5.72. The van der Waals surface area contributed by atoms with Gasteiger partial charge in [0.05, 0.1) is 6.61 Å². The van der Waals surface area contributed by atoms with Crippen LogP contribution >= 0.6 is 0 Å². The minimum absolute atomic E-state index is 0.229. The van der Waals surface area contributed by atoms with Gasteiger partial charge in [-0.2, -0.15) is 0 Å². The van der Waals surface area contributed by atoms with Gasteiger partial charge in [0.25, 0.3) is 0 Å². The predicted molar refractivity (Wildman–Crippen MR) is 56.0 cm³/mol. The number of hydrazine groups is 1. The molecule has 1 aromatic rings. The van der Waals surface area contributed by atoms with Crippen LogP contribution in [0.2, 0.25) is 0 Å². The molecule has 1 aliphatic heterocycles. The van der Waals surface area contributed by atoms with Crippen molar-refractivity contribution >= 4 is 0 Å². The lowest BCUT2D eigenvalue weighted by atomic mass is 10.0. The molecular weight excluding hydrogens is 176 g/mol. The van der Waals surface area contributed by atoms with Crippen LogP contribution in [0.25, 0.3) is 0 Å². The van der Waals surface area contributed by atoms with Crippen LogP contribution in [0.4, 0.5) is 0 Å². The van der Waals surface area contributed by atoms with Crippen LogP contribution in [0.5, 0.6) is 5.75 Å². The first-order chi connectivity index (χ1) is 6.83. The number of hydrogen-bond acceptors (Lipinski definition) is 3. The lowest BCUT2D eigenvalue weighted by Crippen LogP contribution is -2.27. The number of aryl methyl sites for hydroxylation is 1. The van der Waals surface area contributed by atoms with Crippen molar-refractivity contribution in [2.45, 2.75) is 25.8 Å². The SMILES string of the molecule is Cc1cccc2c1OCCCC2NN. The lowest BCUT2D eigenvalue weighted by Gasteiger charge is -2.16. The third-order valence-electron chi connectivity index (χ3n) is 2.70. The molecule has 3 heteroatoms. The van der Waals surface area contributed by atoms with Gasteiger partial charge in [-0.3, -0.25) is 11.3 Å². The van der Waals surface area contributed by atoms with Crippen LogP contribution in [-0.4, -0.2) is 6.61 Å². The Morgan fingerprint density at radius 1 is 1.50 bits per heavy atom. The lowest BCUT2D eigenvalue weighted by molar-refractivity contribution is 0.313. The Kier molecular flexibility index (Phi) is 2.70. The quantitative estimate of drug-likeness (QED) is 0.525. The zero-order valence-corrected chi connectivity index (χ0v) is 8.42. The molecule has 2 rings (SSSR count). The summed E-state index contributed by atoms with van der Waals surface area (Å²) in [6, 6.07) is 6.43. The van der Waals surface area contributed by atoms with E-state index in [0.29, 0.717) is 0 Å². The summed E-state index contributed by atoms with van der Waals surface area (Å²) in [5.74, 6) is 6.54. The van der Waals surface area contributed by atoms with E-state index in [9.17, 15) is 0 Å². The second-order valence-electron chi connectivity index (χ2n) is 3.70. The minimum Gasteiger partial charge on any atom is -0.493 e. The maximum Gasteiger partial charge on any atom is 0.127 e. The van der Waals surface area contributed by atoms with E-state index in [4.69, 9.17) is 10.6 Å². The highest BCUT2D eigenvalue weighted by atomic mass is 16.5. The molecule has 0 aromatic heterocycles. The number of nitrogens with two attached hydrogens (primary N) is 1. The van der Waals surface area contributed by atoms with Gasteiger partial charge < -0.3 is 4.74 Å². The molecule has 0 saturated heterocycles. The first-order valence-corrected chi connectivity index (χ1v) is 5.01. The predicted octanol–water partition coefficient (Wildman–Crippen LogP) is 1.67. The van der Waals surface area contributed by atoms with E-state index >= 15 is 0 Å². The third-order valence-corrected chi connectivity index (χ3v) is 2.70. The number of benzene rings is 1. The smallest absolute Gasteiger partial charge is 0.127 e. The molecule has 0 fully saturated rings. The zero-order chi connectivity index (χ0) is 9.97. The molecule has 3 N–H and O–H groups in total. The first-order valence-electron chi connectivity index (χ1n) is 5.01. The monoisotopic (exact) mass is 192 g/mol. The van der Waals surface area contributed by atoms with Gasteiger partial charge in [-0.05, 0) is 25.3 Å². The molecule has 1 atom stereocenters. The molecule has 0 amide bonds. The summed E-state index contributed by atoms with van der Waals surface area (Å²) >= 11 is 0. The maximum atomic E-state index is 5.72. The average Bonchev–Trinajstić information content (AvgIpc) is 2.40. The van der Waals surface area contributed by atoms with Crippen molar-refractivity contribution in [2.75, 3.05) is 6.61 Å². The molecule has 1 aromatic carbocycles. The fourth-order valence-electron chi connectivity index (χ4n) is 1.94. The highest BCUT2D eigenvalue weighted by molar-refractivity contribution is 5.43. The van der Waals surface area contributed by atoms with E-state index in [1.165, 1.54) is 11.1 Å². The number of ether oxygens (including phenoxy) is 1. The molecule has 0 bridgehead atoms. The summed E-state index contributed by atoms with van der Waals surface area (Å²) in [5, 5.41) is 0. The molecule has 1 aliphatic rings. The van der Waals surface area contributed by atoms with Gasteiger partial charge in [0.1, 0.15) is 5.75 Å².